The number of benzene rings is 3. The fourth-order valence-electron chi connectivity index (χ4n) is 4.53. The summed E-state index contributed by atoms with van der Waals surface area (Å²) in [5, 5.41) is 0. The van der Waals surface area contributed by atoms with Gasteiger partial charge in [-0.3, -0.25) is 14.3 Å². The first kappa shape index (κ1) is 30.0. The molecule has 1 N–H and O–H groups in total. The second kappa shape index (κ2) is 13.3. The van der Waals surface area contributed by atoms with E-state index in [0.717, 1.165) is 0 Å². The van der Waals surface area contributed by atoms with Gasteiger partial charge in [0.15, 0.2) is 18.4 Å². The fourth-order valence-corrected chi connectivity index (χ4v) is 4.53. The highest BCUT2D eigenvalue weighted by Crippen LogP contribution is 2.35. The molecule has 44 heavy (non-hydrogen) atoms. The Morgan fingerprint density at radius 2 is 1.23 bits per heavy atom. The molecule has 0 spiro atoms. The zero-order chi connectivity index (χ0) is 31.2. The van der Waals surface area contributed by atoms with Crippen LogP contribution >= 0.6 is 0 Å². The Morgan fingerprint density at radius 3 is 1.73 bits per heavy atom. The number of halogens is 2. The normalized spacial score (nSPS) is 19.3. The second-order valence-electron chi connectivity index (χ2n) is 9.55. The lowest BCUT2D eigenvalue weighted by atomic mass is 10.1. The van der Waals surface area contributed by atoms with Crippen molar-refractivity contribution < 1.29 is 42.1 Å². The van der Waals surface area contributed by atoms with Crippen LogP contribution < -0.4 is 11.2 Å². The lowest BCUT2D eigenvalue weighted by Crippen LogP contribution is -2.43. The van der Waals surface area contributed by atoms with Crippen LogP contribution in [0.3, 0.4) is 0 Å². The number of H-pyrrole nitrogens is 1. The SMILES string of the molecule is O=C(OC[C@H]1O[C@@H](n2cc(C(F)F)c(=O)[nH]c2=O)[C@@H](OC(=O)c2ccccc2)C1OC(=O)c1ccccc1)c1ccccc1. The molecular formula is C31H24F2N2O9. The Morgan fingerprint density at radius 1 is 0.750 bits per heavy atom. The van der Waals surface area contributed by atoms with Crippen LogP contribution in [-0.2, 0) is 18.9 Å². The van der Waals surface area contributed by atoms with E-state index in [9.17, 15) is 32.8 Å². The minimum absolute atomic E-state index is 0.0837. The van der Waals surface area contributed by atoms with Gasteiger partial charge in [0.1, 0.15) is 12.7 Å². The molecule has 0 bridgehead atoms. The van der Waals surface area contributed by atoms with Crippen molar-refractivity contribution in [1.82, 2.24) is 9.55 Å². The molecule has 0 amide bonds. The molecule has 1 aromatic heterocycles. The standard InChI is InChI=1S/C31H24F2N2O9/c32-25(33)21-16-35(31(40)34-26(21)36)27-24(44-30(39)20-14-8-3-9-15-20)23(43-29(38)19-12-6-2-7-13-19)22(42-27)17-41-28(37)18-10-4-1-5-11-18/h1-16,22-25,27H,17H2,(H,34,36,40)/t22-,23?,24+,27-/m1/s1. The largest absolute Gasteiger partial charge is 0.459 e. The number of carbonyl (C=O) groups excluding carboxylic acids is 3. The Kier molecular flexibility index (Phi) is 9.05. The molecule has 0 saturated carbocycles. The van der Waals surface area contributed by atoms with Crippen LogP contribution in [0.25, 0.3) is 0 Å². The molecule has 1 fully saturated rings. The van der Waals surface area contributed by atoms with Crippen LogP contribution in [0.2, 0.25) is 0 Å². The summed E-state index contributed by atoms with van der Waals surface area (Å²) in [6.45, 7) is -0.559. The number of alkyl halides is 2. The van der Waals surface area contributed by atoms with Gasteiger partial charge in [-0.05, 0) is 36.4 Å². The number of aromatic nitrogens is 2. The van der Waals surface area contributed by atoms with Crippen LogP contribution in [0, 0.1) is 0 Å². The van der Waals surface area contributed by atoms with Crippen molar-refractivity contribution in [2.24, 2.45) is 0 Å². The van der Waals surface area contributed by atoms with Gasteiger partial charge in [-0.1, -0.05) is 54.6 Å². The first-order valence-corrected chi connectivity index (χ1v) is 13.3. The van der Waals surface area contributed by atoms with Crippen LogP contribution in [-0.4, -0.2) is 52.4 Å². The van der Waals surface area contributed by atoms with Crippen molar-refractivity contribution in [1.29, 1.82) is 0 Å². The number of esters is 3. The van der Waals surface area contributed by atoms with Gasteiger partial charge in [-0.2, -0.15) is 0 Å². The topological polar surface area (TPSA) is 143 Å². The van der Waals surface area contributed by atoms with Crippen LogP contribution in [0.5, 0.6) is 0 Å². The van der Waals surface area contributed by atoms with Crippen molar-refractivity contribution in [3.63, 3.8) is 0 Å². The number of nitrogens with one attached hydrogen (secondary N) is 1. The van der Waals surface area contributed by atoms with E-state index in [2.05, 4.69) is 0 Å². The van der Waals surface area contributed by atoms with E-state index in [-0.39, 0.29) is 16.7 Å². The Hall–Kier alpha value is -5.43. The predicted molar refractivity (Wildman–Crippen MR) is 148 cm³/mol. The van der Waals surface area contributed by atoms with Gasteiger partial charge in [0.05, 0.1) is 22.3 Å². The second-order valence-corrected chi connectivity index (χ2v) is 9.55. The van der Waals surface area contributed by atoms with Crippen molar-refractivity contribution in [2.45, 2.75) is 31.0 Å². The predicted octanol–water partition coefficient (Wildman–Crippen LogP) is 3.68. The Bertz CT molecular complexity index is 1740. The van der Waals surface area contributed by atoms with Crippen LogP contribution in [0.1, 0.15) is 49.3 Å². The third-order valence-electron chi connectivity index (χ3n) is 6.68. The fraction of sp³-hybridized carbons (Fsp3) is 0.194. The molecule has 1 aliphatic heterocycles. The third kappa shape index (κ3) is 6.63. The van der Waals surface area contributed by atoms with E-state index >= 15 is 0 Å². The molecule has 226 valence electrons. The summed E-state index contributed by atoms with van der Waals surface area (Å²) < 4.78 is 50.7. The van der Waals surface area contributed by atoms with Gasteiger partial charge in [0.25, 0.3) is 12.0 Å². The van der Waals surface area contributed by atoms with Gasteiger partial charge in [0, 0.05) is 6.20 Å². The van der Waals surface area contributed by atoms with Crippen molar-refractivity contribution in [3.8, 4) is 0 Å². The smallest absolute Gasteiger partial charge is 0.338 e. The zero-order valence-corrected chi connectivity index (χ0v) is 22.7. The summed E-state index contributed by atoms with van der Waals surface area (Å²) in [4.78, 5) is 65.7. The van der Waals surface area contributed by atoms with E-state index in [1.807, 2.05) is 0 Å². The molecule has 4 aromatic rings. The summed E-state index contributed by atoms with van der Waals surface area (Å²) in [5.74, 6) is -2.55. The van der Waals surface area contributed by atoms with Crippen LogP contribution in [0.15, 0.2) is 107 Å². The van der Waals surface area contributed by atoms with Crippen molar-refractivity contribution >= 4 is 17.9 Å². The maximum Gasteiger partial charge on any atom is 0.338 e. The number of nitrogens with zero attached hydrogens (tertiary/aromatic N) is 1. The molecule has 0 radical (unpaired) electrons. The average Bonchev–Trinajstić information content (AvgIpc) is 3.36. The number of hydrogen-bond donors (Lipinski definition) is 1. The van der Waals surface area contributed by atoms with Crippen molar-refractivity contribution in [3.05, 3.63) is 140 Å². The molecule has 1 unspecified atom stereocenters. The summed E-state index contributed by atoms with van der Waals surface area (Å²) in [6, 6.07) is 23.4. The number of carbonyl (C=O) groups is 3. The number of rotatable bonds is 9. The maximum absolute atomic E-state index is 13.7. The molecule has 4 atom stereocenters. The Labute approximate surface area is 247 Å². The van der Waals surface area contributed by atoms with E-state index < -0.39 is 72.3 Å². The molecule has 3 aromatic carbocycles. The lowest BCUT2D eigenvalue weighted by molar-refractivity contribution is -0.0643. The van der Waals surface area contributed by atoms with Crippen LogP contribution in [0.4, 0.5) is 8.78 Å². The van der Waals surface area contributed by atoms with E-state index in [4.69, 9.17) is 18.9 Å². The molecular weight excluding hydrogens is 582 g/mol. The van der Waals surface area contributed by atoms with Gasteiger partial charge in [0.2, 0.25) is 0 Å². The number of hydrogen-bond acceptors (Lipinski definition) is 9. The number of ether oxygens (including phenoxy) is 4. The average molecular weight is 607 g/mol. The molecule has 13 heteroatoms. The quantitative estimate of drug-likeness (QED) is 0.223. The monoisotopic (exact) mass is 606 g/mol. The van der Waals surface area contributed by atoms with E-state index in [0.29, 0.717) is 10.8 Å². The first-order chi connectivity index (χ1) is 21.2. The third-order valence-corrected chi connectivity index (χ3v) is 6.68. The van der Waals surface area contributed by atoms with Gasteiger partial charge < -0.3 is 18.9 Å². The molecule has 1 aliphatic rings. The van der Waals surface area contributed by atoms with Gasteiger partial charge in [-0.25, -0.2) is 28.0 Å². The summed E-state index contributed by atoms with van der Waals surface area (Å²) in [6.07, 6.45) is -8.90. The summed E-state index contributed by atoms with van der Waals surface area (Å²) >= 11 is 0. The summed E-state index contributed by atoms with van der Waals surface area (Å²) in [5.41, 5.74) is -3.15. The molecule has 5 rings (SSSR count). The highest BCUT2D eigenvalue weighted by atomic mass is 19.3. The number of aromatic amines is 1. The lowest BCUT2D eigenvalue weighted by Gasteiger charge is -2.25. The summed E-state index contributed by atoms with van der Waals surface area (Å²) in [7, 11) is 0. The molecule has 0 aliphatic carbocycles. The van der Waals surface area contributed by atoms with Gasteiger partial charge in [-0.15, -0.1) is 0 Å². The minimum Gasteiger partial charge on any atom is -0.459 e. The highest BCUT2D eigenvalue weighted by Gasteiger charge is 2.52. The molecule has 11 nitrogen and oxygen atoms in total. The highest BCUT2D eigenvalue weighted by molar-refractivity contribution is 5.91. The van der Waals surface area contributed by atoms with Crippen molar-refractivity contribution in [2.75, 3.05) is 6.61 Å². The van der Waals surface area contributed by atoms with Gasteiger partial charge >= 0.3 is 23.6 Å². The Balaban J connectivity index is 1.55. The first-order valence-electron chi connectivity index (χ1n) is 13.3. The molecule has 1 saturated heterocycles. The minimum atomic E-state index is -3.27. The molecule has 2 heterocycles. The van der Waals surface area contributed by atoms with E-state index in [1.165, 1.54) is 36.4 Å². The zero-order valence-electron chi connectivity index (χ0n) is 22.7. The maximum atomic E-state index is 13.7. The van der Waals surface area contributed by atoms with E-state index in [1.54, 1.807) is 59.6 Å².